The maximum Gasteiger partial charge on any atom is 0.132 e. The standard InChI is InChI=1S/C13H13ClN2/c1-9-7-12(14)16-13(8-9)15-11-6-4-3-5-10(11)2/h3-8H,1-2H3,(H,15,16). The van der Waals surface area contributed by atoms with Gasteiger partial charge in [0.05, 0.1) is 0 Å². The van der Waals surface area contributed by atoms with Gasteiger partial charge in [-0.25, -0.2) is 4.98 Å². The third-order valence-electron chi connectivity index (χ3n) is 2.35. The van der Waals surface area contributed by atoms with Crippen molar-refractivity contribution >= 4 is 23.1 Å². The van der Waals surface area contributed by atoms with Crippen LogP contribution in [0.5, 0.6) is 0 Å². The molecule has 0 atom stereocenters. The predicted octanol–water partition coefficient (Wildman–Crippen LogP) is 4.10. The highest BCUT2D eigenvalue weighted by molar-refractivity contribution is 6.29. The highest BCUT2D eigenvalue weighted by Gasteiger charge is 2.01. The van der Waals surface area contributed by atoms with Crippen LogP contribution in [0, 0.1) is 13.8 Å². The normalized spacial score (nSPS) is 10.2. The number of aryl methyl sites for hydroxylation is 2. The molecule has 2 rings (SSSR count). The minimum atomic E-state index is 0.510. The van der Waals surface area contributed by atoms with Crippen LogP contribution in [0.4, 0.5) is 11.5 Å². The number of para-hydroxylation sites is 1. The van der Waals surface area contributed by atoms with Crippen LogP contribution in [0.25, 0.3) is 0 Å². The van der Waals surface area contributed by atoms with Gasteiger partial charge >= 0.3 is 0 Å². The van der Waals surface area contributed by atoms with Crippen molar-refractivity contribution in [2.24, 2.45) is 0 Å². The highest BCUT2D eigenvalue weighted by atomic mass is 35.5. The van der Waals surface area contributed by atoms with Gasteiger partial charge in [0, 0.05) is 5.69 Å². The molecule has 1 heterocycles. The van der Waals surface area contributed by atoms with E-state index in [0.717, 1.165) is 17.1 Å². The fourth-order valence-corrected chi connectivity index (χ4v) is 1.80. The van der Waals surface area contributed by atoms with Crippen molar-refractivity contribution < 1.29 is 0 Å². The molecule has 0 bridgehead atoms. The molecule has 0 unspecified atom stereocenters. The number of anilines is 2. The molecular formula is C13H13ClN2. The topological polar surface area (TPSA) is 24.9 Å². The molecule has 1 aromatic heterocycles. The van der Waals surface area contributed by atoms with Crippen LogP contribution in [-0.2, 0) is 0 Å². The molecule has 0 spiro atoms. The first-order valence-corrected chi connectivity index (χ1v) is 5.50. The number of nitrogens with zero attached hydrogens (tertiary/aromatic N) is 1. The number of benzene rings is 1. The summed E-state index contributed by atoms with van der Waals surface area (Å²) in [5, 5.41) is 3.77. The molecule has 0 fully saturated rings. The Hall–Kier alpha value is -1.54. The van der Waals surface area contributed by atoms with Crippen molar-refractivity contribution in [3.8, 4) is 0 Å². The lowest BCUT2D eigenvalue weighted by atomic mass is 10.2. The van der Waals surface area contributed by atoms with Crippen molar-refractivity contribution in [2.45, 2.75) is 13.8 Å². The molecule has 0 aliphatic rings. The number of hydrogen-bond acceptors (Lipinski definition) is 2. The second-order valence-electron chi connectivity index (χ2n) is 3.79. The zero-order valence-corrected chi connectivity index (χ0v) is 10.0. The van der Waals surface area contributed by atoms with Crippen LogP contribution >= 0.6 is 11.6 Å². The Balaban J connectivity index is 2.30. The molecule has 0 saturated heterocycles. The number of aromatic nitrogens is 1. The molecule has 0 saturated carbocycles. The first-order valence-electron chi connectivity index (χ1n) is 5.12. The Bertz CT molecular complexity index is 489. The van der Waals surface area contributed by atoms with Crippen LogP contribution in [-0.4, -0.2) is 4.98 Å². The summed E-state index contributed by atoms with van der Waals surface area (Å²) in [7, 11) is 0. The predicted molar refractivity (Wildman–Crippen MR) is 68.4 cm³/mol. The monoisotopic (exact) mass is 232 g/mol. The maximum absolute atomic E-state index is 5.91. The first-order chi connectivity index (χ1) is 7.65. The lowest BCUT2D eigenvalue weighted by Crippen LogP contribution is -1.96. The maximum atomic E-state index is 5.91. The summed E-state index contributed by atoms with van der Waals surface area (Å²) in [4.78, 5) is 4.22. The van der Waals surface area contributed by atoms with E-state index < -0.39 is 0 Å². The second kappa shape index (κ2) is 4.54. The fraction of sp³-hybridized carbons (Fsp3) is 0.154. The lowest BCUT2D eigenvalue weighted by molar-refractivity contribution is 1.26. The van der Waals surface area contributed by atoms with Gasteiger partial charge in [0.1, 0.15) is 11.0 Å². The molecule has 1 aromatic carbocycles. The van der Waals surface area contributed by atoms with Gasteiger partial charge in [-0.2, -0.15) is 0 Å². The van der Waals surface area contributed by atoms with Gasteiger partial charge in [-0.05, 0) is 43.2 Å². The van der Waals surface area contributed by atoms with Gasteiger partial charge < -0.3 is 5.32 Å². The van der Waals surface area contributed by atoms with Crippen LogP contribution in [0.15, 0.2) is 36.4 Å². The zero-order chi connectivity index (χ0) is 11.5. The third kappa shape index (κ3) is 2.52. The Labute approximate surface area is 100 Å². The average Bonchev–Trinajstić information content (AvgIpc) is 2.20. The minimum absolute atomic E-state index is 0.510. The van der Waals surface area contributed by atoms with E-state index in [9.17, 15) is 0 Å². The molecule has 82 valence electrons. The number of pyridine rings is 1. The molecule has 3 heteroatoms. The highest BCUT2D eigenvalue weighted by Crippen LogP contribution is 2.21. The van der Waals surface area contributed by atoms with Gasteiger partial charge in [-0.1, -0.05) is 29.8 Å². The van der Waals surface area contributed by atoms with E-state index in [1.165, 1.54) is 5.56 Å². The Morgan fingerprint density at radius 3 is 2.56 bits per heavy atom. The van der Waals surface area contributed by atoms with Crippen LogP contribution in [0.2, 0.25) is 5.15 Å². The van der Waals surface area contributed by atoms with E-state index in [-0.39, 0.29) is 0 Å². The zero-order valence-electron chi connectivity index (χ0n) is 9.29. The first kappa shape index (κ1) is 11.0. The minimum Gasteiger partial charge on any atom is -0.340 e. The van der Waals surface area contributed by atoms with E-state index >= 15 is 0 Å². The Kier molecular flexibility index (Phi) is 3.11. The van der Waals surface area contributed by atoms with E-state index in [1.54, 1.807) is 0 Å². The van der Waals surface area contributed by atoms with Crippen molar-refractivity contribution in [1.29, 1.82) is 0 Å². The largest absolute Gasteiger partial charge is 0.340 e. The van der Waals surface area contributed by atoms with E-state index in [4.69, 9.17) is 11.6 Å². The van der Waals surface area contributed by atoms with Gasteiger partial charge in [0.2, 0.25) is 0 Å². The van der Waals surface area contributed by atoms with Crippen LogP contribution in [0.3, 0.4) is 0 Å². The molecule has 0 aliphatic carbocycles. The van der Waals surface area contributed by atoms with Gasteiger partial charge in [0.15, 0.2) is 0 Å². The molecule has 16 heavy (non-hydrogen) atoms. The SMILES string of the molecule is Cc1cc(Cl)nc(Nc2ccccc2C)c1. The second-order valence-corrected chi connectivity index (χ2v) is 4.18. The van der Waals surface area contributed by atoms with Crippen molar-refractivity contribution in [3.05, 3.63) is 52.7 Å². The number of rotatable bonds is 2. The smallest absolute Gasteiger partial charge is 0.132 e. The fourth-order valence-electron chi connectivity index (χ4n) is 1.54. The van der Waals surface area contributed by atoms with Gasteiger partial charge in [0.25, 0.3) is 0 Å². The van der Waals surface area contributed by atoms with Crippen molar-refractivity contribution in [3.63, 3.8) is 0 Å². The average molecular weight is 233 g/mol. The number of nitrogens with one attached hydrogen (secondary N) is 1. The Morgan fingerprint density at radius 1 is 1.12 bits per heavy atom. The molecule has 0 radical (unpaired) electrons. The third-order valence-corrected chi connectivity index (χ3v) is 2.54. The molecule has 0 aliphatic heterocycles. The van der Waals surface area contributed by atoms with E-state index in [2.05, 4.69) is 23.3 Å². The summed E-state index contributed by atoms with van der Waals surface area (Å²) in [6.45, 7) is 4.05. The molecule has 0 amide bonds. The molecule has 1 N–H and O–H groups in total. The van der Waals surface area contributed by atoms with Gasteiger partial charge in [-0.3, -0.25) is 0 Å². The summed E-state index contributed by atoms with van der Waals surface area (Å²) in [6, 6.07) is 11.9. The summed E-state index contributed by atoms with van der Waals surface area (Å²) >= 11 is 5.91. The summed E-state index contributed by atoms with van der Waals surface area (Å²) in [5.74, 6) is 0.777. The van der Waals surface area contributed by atoms with Crippen molar-refractivity contribution in [1.82, 2.24) is 4.98 Å². The molecule has 2 aromatic rings. The van der Waals surface area contributed by atoms with E-state index in [1.807, 2.05) is 37.3 Å². The number of hydrogen-bond donors (Lipinski definition) is 1. The summed E-state index contributed by atoms with van der Waals surface area (Å²) in [5.41, 5.74) is 3.33. The summed E-state index contributed by atoms with van der Waals surface area (Å²) < 4.78 is 0. The Morgan fingerprint density at radius 2 is 1.88 bits per heavy atom. The number of halogens is 1. The van der Waals surface area contributed by atoms with Crippen molar-refractivity contribution in [2.75, 3.05) is 5.32 Å². The molecular weight excluding hydrogens is 220 g/mol. The quantitative estimate of drug-likeness (QED) is 0.789. The lowest BCUT2D eigenvalue weighted by Gasteiger charge is -2.09. The van der Waals surface area contributed by atoms with Crippen LogP contribution in [0.1, 0.15) is 11.1 Å². The van der Waals surface area contributed by atoms with E-state index in [0.29, 0.717) is 5.15 Å². The van der Waals surface area contributed by atoms with Gasteiger partial charge in [-0.15, -0.1) is 0 Å². The summed E-state index contributed by atoms with van der Waals surface area (Å²) in [6.07, 6.45) is 0. The van der Waals surface area contributed by atoms with Crippen LogP contribution < -0.4 is 5.32 Å². The molecule has 2 nitrogen and oxygen atoms in total.